The van der Waals surface area contributed by atoms with Gasteiger partial charge in [-0.3, -0.25) is 4.79 Å². The number of benzene rings is 4. The molecule has 0 saturated heterocycles. The van der Waals surface area contributed by atoms with Crippen molar-refractivity contribution in [2.24, 2.45) is 0 Å². The summed E-state index contributed by atoms with van der Waals surface area (Å²) in [4.78, 5) is 14.6. The number of H-pyrrole nitrogens is 1. The first-order valence-electron chi connectivity index (χ1n) is 13.7. The average molecular weight is 617 g/mol. The predicted octanol–water partition coefficient (Wildman–Crippen LogP) is 6.58. The molecule has 4 nitrogen and oxygen atoms in total. The second-order valence-corrected chi connectivity index (χ2v) is 13.5. The van der Waals surface area contributed by atoms with Gasteiger partial charge in [0.1, 0.15) is 28.9 Å². The van der Waals surface area contributed by atoms with Crippen molar-refractivity contribution in [2.45, 2.75) is 26.2 Å². The van der Waals surface area contributed by atoms with Gasteiger partial charge in [-0.05, 0) is 79.4 Å². The Morgan fingerprint density at radius 1 is 0.800 bits per heavy atom. The Labute approximate surface area is 248 Å². The van der Waals surface area contributed by atoms with Crippen LogP contribution in [-0.2, 0) is 11.2 Å². The van der Waals surface area contributed by atoms with Crippen molar-refractivity contribution < 1.29 is 9.53 Å². The minimum Gasteiger partial charge on any atom is -0.494 e. The molecule has 0 bridgehead atoms. The largest absolute Gasteiger partial charge is 0.494 e. The van der Waals surface area contributed by atoms with Crippen molar-refractivity contribution in [3.8, 4) is 5.75 Å². The van der Waals surface area contributed by atoms with Crippen LogP contribution in [0.2, 0.25) is 0 Å². The van der Waals surface area contributed by atoms with Gasteiger partial charge >= 0.3 is 0 Å². The summed E-state index contributed by atoms with van der Waals surface area (Å²) in [6.07, 6.45) is 5.96. The molecule has 40 heavy (non-hydrogen) atoms. The first kappa shape index (κ1) is 29.6. The number of aromatic nitrogens is 1. The molecule has 0 aliphatic rings. The fraction of sp³-hybridized carbons (Fsp3) is 0.206. The third kappa shape index (κ3) is 6.83. The quantitative estimate of drug-likeness (QED) is 0.123. The van der Waals surface area contributed by atoms with Crippen LogP contribution in [0.4, 0.5) is 0 Å². The van der Waals surface area contributed by atoms with Crippen LogP contribution in [0.1, 0.15) is 25.3 Å². The zero-order chi connectivity index (χ0) is 26.9. The second kappa shape index (κ2) is 14.3. The van der Waals surface area contributed by atoms with Gasteiger partial charge in [-0.15, -0.1) is 17.0 Å². The standard InChI is InChI=1S/C34H35N2O2P.BrH/c1-27(37)35-22-21-28-26-36-34-20-19-29(25-33(28)34)38-23-11-12-24-39(30-13-5-2-6-14-30,31-15-7-3-8-16-31)32-17-9-4-10-18-32;/h2-10,13-20,25-26,36H,11-12,21-24H2,1H3;1H/p+1. The lowest BCUT2D eigenvalue weighted by atomic mass is 10.1. The molecule has 0 unspecified atom stereocenters. The molecule has 0 radical (unpaired) electrons. The van der Waals surface area contributed by atoms with Crippen LogP contribution < -0.4 is 26.0 Å². The van der Waals surface area contributed by atoms with E-state index in [-0.39, 0.29) is 22.9 Å². The van der Waals surface area contributed by atoms with E-state index in [0.29, 0.717) is 13.2 Å². The van der Waals surface area contributed by atoms with Crippen molar-refractivity contribution in [1.82, 2.24) is 10.3 Å². The molecule has 0 saturated carbocycles. The van der Waals surface area contributed by atoms with E-state index >= 15 is 0 Å². The summed E-state index contributed by atoms with van der Waals surface area (Å²) in [5.41, 5.74) is 2.27. The SMILES string of the molecule is Br.CC(=O)NCCc1c[nH]c2ccc(OCCCC[P+](c3ccccc3)(c3ccccc3)c3ccccc3)cc12. The van der Waals surface area contributed by atoms with Gasteiger partial charge in [0.2, 0.25) is 5.91 Å². The Morgan fingerprint density at radius 2 is 1.38 bits per heavy atom. The zero-order valence-electron chi connectivity index (χ0n) is 22.9. The molecule has 5 aromatic rings. The molecule has 0 spiro atoms. The van der Waals surface area contributed by atoms with Gasteiger partial charge in [0, 0.05) is 30.6 Å². The van der Waals surface area contributed by atoms with E-state index in [0.717, 1.165) is 42.1 Å². The van der Waals surface area contributed by atoms with Gasteiger partial charge < -0.3 is 15.0 Å². The Morgan fingerprint density at radius 3 is 1.93 bits per heavy atom. The molecule has 206 valence electrons. The maximum atomic E-state index is 11.2. The molecule has 6 heteroatoms. The molecule has 1 aromatic heterocycles. The van der Waals surface area contributed by atoms with Crippen molar-refractivity contribution in [3.05, 3.63) is 121 Å². The normalized spacial score (nSPS) is 11.1. The lowest BCUT2D eigenvalue weighted by molar-refractivity contribution is -0.118. The van der Waals surface area contributed by atoms with E-state index in [4.69, 9.17) is 4.74 Å². The molecule has 0 fully saturated rings. The predicted molar refractivity (Wildman–Crippen MR) is 176 cm³/mol. The molecule has 0 aliphatic heterocycles. The second-order valence-electron chi connectivity index (χ2n) is 9.85. The van der Waals surface area contributed by atoms with Crippen LogP contribution in [0, 0.1) is 0 Å². The lowest BCUT2D eigenvalue weighted by Crippen LogP contribution is -2.33. The lowest BCUT2D eigenvalue weighted by Gasteiger charge is -2.27. The number of fused-ring (bicyclic) bond motifs is 1. The van der Waals surface area contributed by atoms with Gasteiger partial charge in [0.05, 0.1) is 12.8 Å². The van der Waals surface area contributed by atoms with Crippen LogP contribution in [0.15, 0.2) is 115 Å². The highest BCUT2D eigenvalue weighted by Gasteiger charge is 2.44. The maximum absolute atomic E-state index is 11.2. The number of halogens is 1. The van der Waals surface area contributed by atoms with Crippen molar-refractivity contribution in [3.63, 3.8) is 0 Å². The first-order valence-corrected chi connectivity index (χ1v) is 15.7. The Bertz CT molecular complexity index is 1390. The first-order chi connectivity index (χ1) is 19.2. The van der Waals surface area contributed by atoms with E-state index in [1.54, 1.807) is 6.92 Å². The summed E-state index contributed by atoms with van der Waals surface area (Å²) in [5.74, 6) is 0.884. The Kier molecular flexibility index (Phi) is 10.6. The van der Waals surface area contributed by atoms with Crippen LogP contribution in [0.5, 0.6) is 5.75 Å². The summed E-state index contributed by atoms with van der Waals surface area (Å²) in [7, 11) is -1.80. The van der Waals surface area contributed by atoms with Crippen molar-refractivity contribution in [2.75, 3.05) is 19.3 Å². The number of hydrogen-bond acceptors (Lipinski definition) is 2. The monoisotopic (exact) mass is 615 g/mol. The van der Waals surface area contributed by atoms with Crippen LogP contribution in [-0.4, -0.2) is 30.2 Å². The molecule has 1 heterocycles. The number of carbonyl (C=O) groups is 1. The molecule has 5 rings (SSSR count). The highest BCUT2D eigenvalue weighted by molar-refractivity contribution is 8.93. The third-order valence-electron chi connectivity index (χ3n) is 7.25. The molecule has 0 atom stereocenters. The molecular formula is C34H37BrN2O2P+. The van der Waals surface area contributed by atoms with Gasteiger partial charge in [-0.1, -0.05) is 54.6 Å². The number of amides is 1. The molecular weight excluding hydrogens is 579 g/mol. The van der Waals surface area contributed by atoms with E-state index in [2.05, 4.69) is 113 Å². The fourth-order valence-electron chi connectivity index (χ4n) is 5.35. The maximum Gasteiger partial charge on any atom is 0.216 e. The average Bonchev–Trinajstić information content (AvgIpc) is 3.38. The molecule has 4 aromatic carbocycles. The smallest absolute Gasteiger partial charge is 0.216 e. The highest BCUT2D eigenvalue weighted by atomic mass is 79.9. The van der Waals surface area contributed by atoms with E-state index in [9.17, 15) is 4.79 Å². The number of unbranched alkanes of at least 4 members (excludes halogenated alkanes) is 1. The Hall–Kier alpha value is -3.40. The number of ether oxygens (including phenoxy) is 1. The van der Waals surface area contributed by atoms with Gasteiger partial charge in [0.15, 0.2) is 0 Å². The molecule has 1 amide bonds. The highest BCUT2D eigenvalue weighted by Crippen LogP contribution is 2.55. The van der Waals surface area contributed by atoms with Gasteiger partial charge in [-0.2, -0.15) is 0 Å². The fourth-order valence-corrected chi connectivity index (χ4v) is 9.76. The minimum absolute atomic E-state index is 0. The Balaban J connectivity index is 0.00000370. The van der Waals surface area contributed by atoms with Gasteiger partial charge in [-0.25, -0.2) is 0 Å². The van der Waals surface area contributed by atoms with Crippen molar-refractivity contribution >= 4 is 57.0 Å². The topological polar surface area (TPSA) is 54.1 Å². The van der Waals surface area contributed by atoms with Crippen LogP contribution in [0.25, 0.3) is 10.9 Å². The summed E-state index contributed by atoms with van der Waals surface area (Å²) >= 11 is 0. The summed E-state index contributed by atoms with van der Waals surface area (Å²) in [6.45, 7) is 2.85. The third-order valence-corrected chi connectivity index (χ3v) is 11.8. The minimum atomic E-state index is -1.80. The number of rotatable bonds is 12. The molecule has 0 aliphatic carbocycles. The molecule has 2 N–H and O–H groups in total. The number of carbonyl (C=O) groups excluding carboxylic acids is 1. The number of nitrogens with one attached hydrogen (secondary N) is 2. The van der Waals surface area contributed by atoms with E-state index in [1.165, 1.54) is 21.5 Å². The number of aromatic amines is 1. The zero-order valence-corrected chi connectivity index (χ0v) is 25.5. The van der Waals surface area contributed by atoms with Gasteiger partial charge in [0.25, 0.3) is 0 Å². The summed E-state index contributed by atoms with van der Waals surface area (Å²) in [5, 5.41) is 8.30. The van der Waals surface area contributed by atoms with E-state index < -0.39 is 7.26 Å². The summed E-state index contributed by atoms with van der Waals surface area (Å²) in [6, 6.07) is 39.4. The van der Waals surface area contributed by atoms with Crippen molar-refractivity contribution in [1.29, 1.82) is 0 Å². The van der Waals surface area contributed by atoms with E-state index in [1.807, 2.05) is 12.3 Å². The van der Waals surface area contributed by atoms with Crippen LogP contribution >= 0.6 is 24.2 Å². The number of hydrogen-bond donors (Lipinski definition) is 2. The van der Waals surface area contributed by atoms with Crippen LogP contribution in [0.3, 0.4) is 0 Å². The summed E-state index contributed by atoms with van der Waals surface area (Å²) < 4.78 is 6.24.